The Bertz CT molecular complexity index is 532. The second-order valence-electron chi connectivity index (χ2n) is 4.73. The molecule has 0 bridgehead atoms. The molecule has 2 aromatic heterocycles. The van der Waals surface area contributed by atoms with Crippen molar-refractivity contribution in [2.75, 3.05) is 24.5 Å². The maximum atomic E-state index is 5.28. The molecule has 18 heavy (non-hydrogen) atoms. The number of aromatic nitrogens is 3. The van der Waals surface area contributed by atoms with Gasteiger partial charge in [0.2, 0.25) is 5.95 Å². The van der Waals surface area contributed by atoms with Crippen LogP contribution in [0.4, 0.5) is 5.95 Å². The van der Waals surface area contributed by atoms with Gasteiger partial charge in [-0.2, -0.15) is 4.98 Å². The number of nitrogens with zero attached hydrogens (tertiary/aromatic N) is 3. The zero-order valence-electron chi connectivity index (χ0n) is 10.6. The highest BCUT2D eigenvalue weighted by molar-refractivity contribution is 5.55. The maximum absolute atomic E-state index is 5.28. The number of hydrogen-bond acceptors (Lipinski definition) is 5. The Morgan fingerprint density at radius 3 is 3.11 bits per heavy atom. The standard InChI is InChI=1S/C12H17N5O/c1-8-6-17(4-3-13-8)12-14-11(15-16-12)10-5-9(2)18-7-10/h5,7-8,13H,3-4,6H2,1-2H3,(H,14,15,16)/t8-/m1/s1. The number of rotatable bonds is 2. The first-order chi connectivity index (χ1) is 8.72. The number of piperazine rings is 1. The Morgan fingerprint density at radius 2 is 2.39 bits per heavy atom. The third kappa shape index (κ3) is 2.11. The van der Waals surface area contributed by atoms with Crippen molar-refractivity contribution in [1.82, 2.24) is 20.5 Å². The summed E-state index contributed by atoms with van der Waals surface area (Å²) in [6.45, 7) is 6.92. The molecule has 0 amide bonds. The third-order valence-corrected chi connectivity index (χ3v) is 3.13. The highest BCUT2D eigenvalue weighted by Crippen LogP contribution is 2.20. The molecule has 6 heteroatoms. The average Bonchev–Trinajstić information content (AvgIpc) is 2.97. The van der Waals surface area contributed by atoms with Crippen LogP contribution in [0.15, 0.2) is 16.7 Å². The van der Waals surface area contributed by atoms with Crippen LogP contribution in [0, 0.1) is 6.92 Å². The molecule has 3 heterocycles. The van der Waals surface area contributed by atoms with Crippen LogP contribution in [0.1, 0.15) is 12.7 Å². The number of furan rings is 1. The molecule has 3 rings (SSSR count). The summed E-state index contributed by atoms with van der Waals surface area (Å²) in [6, 6.07) is 2.42. The Balaban J connectivity index is 1.80. The largest absolute Gasteiger partial charge is 0.469 e. The second kappa shape index (κ2) is 4.45. The van der Waals surface area contributed by atoms with Crippen molar-refractivity contribution in [3.05, 3.63) is 18.1 Å². The normalized spacial score (nSPS) is 20.3. The van der Waals surface area contributed by atoms with Crippen molar-refractivity contribution in [2.24, 2.45) is 0 Å². The molecule has 0 aromatic carbocycles. The highest BCUT2D eigenvalue weighted by atomic mass is 16.3. The molecule has 1 saturated heterocycles. The monoisotopic (exact) mass is 247 g/mol. The molecular formula is C12H17N5O. The van der Waals surface area contributed by atoms with Crippen molar-refractivity contribution in [3.63, 3.8) is 0 Å². The number of H-pyrrole nitrogens is 1. The van der Waals surface area contributed by atoms with E-state index in [0.29, 0.717) is 6.04 Å². The minimum absolute atomic E-state index is 0.469. The quantitative estimate of drug-likeness (QED) is 0.833. The first kappa shape index (κ1) is 11.3. The fourth-order valence-corrected chi connectivity index (χ4v) is 2.21. The molecule has 0 radical (unpaired) electrons. The number of hydrogen-bond donors (Lipinski definition) is 2. The molecule has 1 fully saturated rings. The van der Waals surface area contributed by atoms with Gasteiger partial charge in [-0.1, -0.05) is 0 Å². The van der Waals surface area contributed by atoms with Gasteiger partial charge in [-0.25, -0.2) is 0 Å². The molecule has 6 nitrogen and oxygen atoms in total. The van der Waals surface area contributed by atoms with E-state index < -0.39 is 0 Å². The van der Waals surface area contributed by atoms with Crippen LogP contribution in [-0.4, -0.2) is 40.9 Å². The Morgan fingerprint density at radius 1 is 1.50 bits per heavy atom. The number of aromatic amines is 1. The molecule has 2 aromatic rings. The minimum atomic E-state index is 0.469. The summed E-state index contributed by atoms with van der Waals surface area (Å²) in [7, 11) is 0. The molecule has 0 aliphatic carbocycles. The van der Waals surface area contributed by atoms with Gasteiger partial charge in [0.25, 0.3) is 0 Å². The zero-order valence-corrected chi connectivity index (χ0v) is 10.6. The number of aryl methyl sites for hydroxylation is 1. The summed E-state index contributed by atoms with van der Waals surface area (Å²) in [4.78, 5) is 6.71. The van der Waals surface area contributed by atoms with Crippen molar-refractivity contribution in [2.45, 2.75) is 19.9 Å². The molecule has 1 aliphatic rings. The Labute approximate surface area is 105 Å². The van der Waals surface area contributed by atoms with Gasteiger partial charge in [0.05, 0.1) is 5.56 Å². The molecule has 1 atom stereocenters. The van der Waals surface area contributed by atoms with Gasteiger partial charge in [-0.05, 0) is 19.9 Å². The van der Waals surface area contributed by atoms with E-state index in [0.717, 1.165) is 42.7 Å². The van der Waals surface area contributed by atoms with E-state index in [1.165, 1.54) is 0 Å². The predicted molar refractivity (Wildman–Crippen MR) is 68.5 cm³/mol. The number of nitrogens with one attached hydrogen (secondary N) is 2. The first-order valence-electron chi connectivity index (χ1n) is 6.18. The Hall–Kier alpha value is -1.82. The highest BCUT2D eigenvalue weighted by Gasteiger charge is 2.19. The third-order valence-electron chi connectivity index (χ3n) is 3.13. The summed E-state index contributed by atoms with van der Waals surface area (Å²) in [5.74, 6) is 2.39. The van der Waals surface area contributed by atoms with E-state index >= 15 is 0 Å². The van der Waals surface area contributed by atoms with E-state index in [2.05, 4.69) is 32.3 Å². The smallest absolute Gasteiger partial charge is 0.245 e. The van der Waals surface area contributed by atoms with E-state index in [-0.39, 0.29) is 0 Å². The molecule has 0 spiro atoms. The maximum Gasteiger partial charge on any atom is 0.245 e. The average molecular weight is 247 g/mol. The first-order valence-corrected chi connectivity index (χ1v) is 6.18. The fourth-order valence-electron chi connectivity index (χ4n) is 2.21. The SMILES string of the molecule is Cc1cc(-c2nc(N3CCN[C@H](C)C3)n[nH]2)co1. The van der Waals surface area contributed by atoms with Gasteiger partial charge >= 0.3 is 0 Å². The molecule has 96 valence electrons. The van der Waals surface area contributed by atoms with E-state index in [1.807, 2.05) is 13.0 Å². The van der Waals surface area contributed by atoms with Crippen molar-refractivity contribution >= 4 is 5.95 Å². The molecule has 1 aliphatic heterocycles. The number of anilines is 1. The lowest BCUT2D eigenvalue weighted by Gasteiger charge is -2.30. The minimum Gasteiger partial charge on any atom is -0.469 e. The van der Waals surface area contributed by atoms with Crippen LogP contribution in [0.5, 0.6) is 0 Å². The van der Waals surface area contributed by atoms with Crippen LogP contribution >= 0.6 is 0 Å². The van der Waals surface area contributed by atoms with Crippen LogP contribution in [0.25, 0.3) is 11.4 Å². The second-order valence-corrected chi connectivity index (χ2v) is 4.73. The van der Waals surface area contributed by atoms with Gasteiger partial charge in [-0.15, -0.1) is 5.10 Å². The van der Waals surface area contributed by atoms with E-state index in [4.69, 9.17) is 4.42 Å². The lowest BCUT2D eigenvalue weighted by Crippen LogP contribution is -2.49. The van der Waals surface area contributed by atoms with Crippen molar-refractivity contribution in [3.8, 4) is 11.4 Å². The molecule has 0 saturated carbocycles. The molecular weight excluding hydrogens is 230 g/mol. The molecule has 2 N–H and O–H groups in total. The predicted octanol–water partition coefficient (Wildman–Crippen LogP) is 1.17. The van der Waals surface area contributed by atoms with E-state index in [9.17, 15) is 0 Å². The topological polar surface area (TPSA) is 70.0 Å². The van der Waals surface area contributed by atoms with Crippen LogP contribution < -0.4 is 10.2 Å². The van der Waals surface area contributed by atoms with Gasteiger partial charge in [0, 0.05) is 25.7 Å². The summed E-state index contributed by atoms with van der Waals surface area (Å²) in [5, 5.41) is 10.6. The zero-order chi connectivity index (χ0) is 12.5. The lowest BCUT2D eigenvalue weighted by molar-refractivity contribution is 0.480. The summed E-state index contributed by atoms with van der Waals surface area (Å²) in [6.07, 6.45) is 1.69. The summed E-state index contributed by atoms with van der Waals surface area (Å²) >= 11 is 0. The molecule has 0 unspecified atom stereocenters. The summed E-state index contributed by atoms with van der Waals surface area (Å²) in [5.41, 5.74) is 0.939. The van der Waals surface area contributed by atoms with Gasteiger partial charge in [-0.3, -0.25) is 5.10 Å². The Kier molecular flexibility index (Phi) is 2.79. The van der Waals surface area contributed by atoms with Crippen LogP contribution in [-0.2, 0) is 0 Å². The van der Waals surface area contributed by atoms with E-state index in [1.54, 1.807) is 6.26 Å². The van der Waals surface area contributed by atoms with Crippen LogP contribution in [0.3, 0.4) is 0 Å². The van der Waals surface area contributed by atoms with Crippen molar-refractivity contribution < 1.29 is 4.42 Å². The van der Waals surface area contributed by atoms with Crippen molar-refractivity contribution in [1.29, 1.82) is 0 Å². The van der Waals surface area contributed by atoms with Gasteiger partial charge in [0.15, 0.2) is 5.82 Å². The van der Waals surface area contributed by atoms with Gasteiger partial charge < -0.3 is 14.6 Å². The fraction of sp³-hybridized carbons (Fsp3) is 0.500. The van der Waals surface area contributed by atoms with Gasteiger partial charge in [0.1, 0.15) is 12.0 Å². The lowest BCUT2D eigenvalue weighted by atomic mass is 10.2. The van der Waals surface area contributed by atoms with Crippen LogP contribution in [0.2, 0.25) is 0 Å². The summed E-state index contributed by atoms with van der Waals surface area (Å²) < 4.78 is 5.28.